The average Bonchev–Trinajstić information content (AvgIpc) is 2.73. The molecule has 0 unspecified atom stereocenters. The zero-order chi connectivity index (χ0) is 12.3. The monoisotopic (exact) mass is 253 g/mol. The number of aromatic nitrogens is 2. The minimum Gasteiger partial charge on any atom is -0.355 e. The molecule has 0 spiro atoms. The summed E-state index contributed by atoms with van der Waals surface area (Å²) in [5.41, 5.74) is 0.658. The van der Waals surface area contributed by atoms with Gasteiger partial charge in [-0.05, 0) is 24.6 Å². The Bertz CT molecular complexity index is 490. The van der Waals surface area contributed by atoms with Gasteiger partial charge in [0.05, 0.1) is 5.69 Å². The summed E-state index contributed by atoms with van der Waals surface area (Å²) < 4.78 is 15.0. The summed E-state index contributed by atoms with van der Waals surface area (Å²) in [6.07, 6.45) is 4.43. The lowest BCUT2D eigenvalue weighted by molar-refractivity contribution is 0.626. The normalized spacial score (nSPS) is 10.5. The van der Waals surface area contributed by atoms with Crippen molar-refractivity contribution in [3.63, 3.8) is 0 Å². The Labute approximate surface area is 104 Å². The Morgan fingerprint density at radius 3 is 2.94 bits per heavy atom. The van der Waals surface area contributed by atoms with Crippen molar-refractivity contribution in [2.24, 2.45) is 0 Å². The number of nitrogens with one attached hydrogen (secondary N) is 1. The number of anilines is 1. The summed E-state index contributed by atoms with van der Waals surface area (Å²) in [7, 11) is 0. The van der Waals surface area contributed by atoms with Crippen LogP contribution in [0.25, 0.3) is 5.69 Å². The molecule has 1 heterocycles. The summed E-state index contributed by atoms with van der Waals surface area (Å²) in [5.74, 6) is 0.330. The van der Waals surface area contributed by atoms with Crippen molar-refractivity contribution in [1.82, 2.24) is 9.55 Å². The first-order valence-corrected chi connectivity index (χ1v) is 5.82. The van der Waals surface area contributed by atoms with Gasteiger partial charge >= 0.3 is 0 Å². The molecular formula is C12H13ClFN3. The van der Waals surface area contributed by atoms with Crippen LogP contribution in [0.3, 0.4) is 0 Å². The van der Waals surface area contributed by atoms with Crippen LogP contribution in [-0.2, 0) is 0 Å². The number of benzene rings is 1. The van der Waals surface area contributed by atoms with Gasteiger partial charge in [0.1, 0.15) is 5.82 Å². The highest BCUT2D eigenvalue weighted by atomic mass is 35.5. The molecule has 0 radical (unpaired) electrons. The number of hydrogen-bond donors (Lipinski definition) is 1. The first-order valence-electron chi connectivity index (χ1n) is 5.44. The van der Waals surface area contributed by atoms with Gasteiger partial charge in [-0.15, -0.1) is 0 Å². The summed E-state index contributed by atoms with van der Waals surface area (Å²) in [4.78, 5) is 4.18. The molecule has 0 bridgehead atoms. The Morgan fingerprint density at radius 1 is 1.41 bits per heavy atom. The smallest absolute Gasteiger partial charge is 0.207 e. The van der Waals surface area contributed by atoms with E-state index in [0.29, 0.717) is 16.7 Å². The molecule has 1 aromatic heterocycles. The van der Waals surface area contributed by atoms with E-state index < -0.39 is 0 Å². The summed E-state index contributed by atoms with van der Waals surface area (Å²) in [6, 6.07) is 4.40. The number of rotatable bonds is 4. The lowest BCUT2D eigenvalue weighted by atomic mass is 10.3. The van der Waals surface area contributed by atoms with Crippen molar-refractivity contribution in [2.75, 3.05) is 11.9 Å². The molecule has 1 N–H and O–H groups in total. The van der Waals surface area contributed by atoms with E-state index in [1.807, 2.05) is 0 Å². The van der Waals surface area contributed by atoms with Crippen LogP contribution < -0.4 is 5.32 Å². The van der Waals surface area contributed by atoms with E-state index in [4.69, 9.17) is 11.6 Å². The molecule has 0 saturated heterocycles. The van der Waals surface area contributed by atoms with Crippen LogP contribution in [0.2, 0.25) is 5.02 Å². The molecule has 0 atom stereocenters. The van der Waals surface area contributed by atoms with Crippen LogP contribution in [0.15, 0.2) is 30.6 Å². The second-order valence-electron chi connectivity index (χ2n) is 3.68. The van der Waals surface area contributed by atoms with Crippen LogP contribution in [0.1, 0.15) is 13.3 Å². The molecule has 0 aliphatic rings. The van der Waals surface area contributed by atoms with E-state index >= 15 is 0 Å². The highest BCUT2D eigenvalue weighted by Crippen LogP contribution is 2.20. The molecule has 0 aliphatic heterocycles. The fraction of sp³-hybridized carbons (Fsp3) is 0.250. The molecule has 2 rings (SSSR count). The van der Waals surface area contributed by atoms with Crippen LogP contribution in [-0.4, -0.2) is 16.1 Å². The predicted octanol–water partition coefficient (Wildman–Crippen LogP) is 3.49. The Kier molecular flexibility index (Phi) is 3.64. The first kappa shape index (κ1) is 11.9. The molecule has 1 aromatic carbocycles. The van der Waals surface area contributed by atoms with Crippen LogP contribution in [0.4, 0.5) is 10.3 Å². The molecule has 5 heteroatoms. The highest BCUT2D eigenvalue weighted by Gasteiger charge is 2.06. The largest absolute Gasteiger partial charge is 0.355 e. The maximum Gasteiger partial charge on any atom is 0.207 e. The molecule has 3 nitrogen and oxygen atoms in total. The molecule has 17 heavy (non-hydrogen) atoms. The first-order chi connectivity index (χ1) is 8.20. The SMILES string of the molecule is CCCNc1nccn1-c1cc(F)cc(Cl)c1. The second-order valence-corrected chi connectivity index (χ2v) is 4.11. The molecule has 0 amide bonds. The molecule has 90 valence electrons. The molecule has 0 fully saturated rings. The number of imidazole rings is 1. The van der Waals surface area contributed by atoms with Crippen molar-refractivity contribution in [1.29, 1.82) is 0 Å². The third kappa shape index (κ3) is 2.77. The zero-order valence-electron chi connectivity index (χ0n) is 9.45. The van der Waals surface area contributed by atoms with Crippen molar-refractivity contribution in [2.45, 2.75) is 13.3 Å². The van der Waals surface area contributed by atoms with Gasteiger partial charge in [-0.25, -0.2) is 9.37 Å². The summed E-state index contributed by atoms with van der Waals surface area (Å²) >= 11 is 5.83. The van der Waals surface area contributed by atoms with E-state index in [1.54, 1.807) is 23.0 Å². The van der Waals surface area contributed by atoms with Crippen molar-refractivity contribution >= 4 is 17.5 Å². The number of nitrogens with zero attached hydrogens (tertiary/aromatic N) is 2. The summed E-state index contributed by atoms with van der Waals surface area (Å²) in [5, 5.41) is 3.54. The van der Waals surface area contributed by atoms with Crippen LogP contribution >= 0.6 is 11.6 Å². The van der Waals surface area contributed by atoms with Gasteiger partial charge in [-0.2, -0.15) is 0 Å². The van der Waals surface area contributed by atoms with Crippen molar-refractivity contribution < 1.29 is 4.39 Å². The summed E-state index contributed by atoms with van der Waals surface area (Å²) in [6.45, 7) is 2.89. The van der Waals surface area contributed by atoms with Gasteiger partial charge in [0, 0.05) is 24.0 Å². The third-order valence-corrected chi connectivity index (χ3v) is 2.52. The number of hydrogen-bond acceptors (Lipinski definition) is 2. The fourth-order valence-corrected chi connectivity index (χ4v) is 1.77. The lowest BCUT2D eigenvalue weighted by Gasteiger charge is -2.09. The fourth-order valence-electron chi connectivity index (χ4n) is 1.56. The molecule has 2 aromatic rings. The van der Waals surface area contributed by atoms with Gasteiger partial charge in [-0.1, -0.05) is 18.5 Å². The Hall–Kier alpha value is -1.55. The molecular weight excluding hydrogens is 241 g/mol. The lowest BCUT2D eigenvalue weighted by Crippen LogP contribution is -2.06. The number of halogens is 2. The molecule has 0 saturated carbocycles. The zero-order valence-corrected chi connectivity index (χ0v) is 10.2. The maximum absolute atomic E-state index is 13.3. The van der Waals surface area contributed by atoms with Gasteiger partial charge in [0.2, 0.25) is 5.95 Å². The topological polar surface area (TPSA) is 29.9 Å². The minimum absolute atomic E-state index is 0.359. The third-order valence-electron chi connectivity index (χ3n) is 2.30. The quantitative estimate of drug-likeness (QED) is 0.904. The van der Waals surface area contributed by atoms with E-state index in [-0.39, 0.29) is 5.82 Å². The predicted molar refractivity (Wildman–Crippen MR) is 67.3 cm³/mol. The van der Waals surface area contributed by atoms with E-state index in [2.05, 4.69) is 17.2 Å². The van der Waals surface area contributed by atoms with E-state index in [0.717, 1.165) is 13.0 Å². The van der Waals surface area contributed by atoms with Crippen LogP contribution in [0.5, 0.6) is 0 Å². The maximum atomic E-state index is 13.3. The van der Waals surface area contributed by atoms with Gasteiger partial charge in [0.15, 0.2) is 0 Å². The Morgan fingerprint density at radius 2 is 2.24 bits per heavy atom. The van der Waals surface area contributed by atoms with E-state index in [9.17, 15) is 4.39 Å². The van der Waals surface area contributed by atoms with Gasteiger partial charge in [-0.3, -0.25) is 4.57 Å². The molecule has 0 aliphatic carbocycles. The average molecular weight is 254 g/mol. The van der Waals surface area contributed by atoms with Crippen LogP contribution in [0, 0.1) is 5.82 Å². The second kappa shape index (κ2) is 5.19. The van der Waals surface area contributed by atoms with Gasteiger partial charge in [0.25, 0.3) is 0 Å². The Balaban J connectivity index is 2.35. The van der Waals surface area contributed by atoms with Gasteiger partial charge < -0.3 is 5.32 Å². The van der Waals surface area contributed by atoms with Crippen molar-refractivity contribution in [3.05, 3.63) is 41.4 Å². The minimum atomic E-state index is -0.359. The highest BCUT2D eigenvalue weighted by molar-refractivity contribution is 6.30. The standard InChI is InChI=1S/C12H13ClFN3/c1-2-3-15-12-16-4-5-17(12)11-7-9(13)6-10(14)8-11/h4-8H,2-3H2,1H3,(H,15,16). The van der Waals surface area contributed by atoms with E-state index in [1.165, 1.54) is 12.1 Å². The van der Waals surface area contributed by atoms with Crippen molar-refractivity contribution in [3.8, 4) is 5.69 Å².